The van der Waals surface area contributed by atoms with Crippen molar-refractivity contribution < 1.29 is 9.21 Å². The minimum absolute atomic E-state index is 0.0710. The molecule has 3 rings (SSSR count). The largest absolute Gasteiger partial charge is 0.455 e. The summed E-state index contributed by atoms with van der Waals surface area (Å²) in [5.41, 5.74) is 14.0. The van der Waals surface area contributed by atoms with Crippen LogP contribution in [0.3, 0.4) is 0 Å². The zero-order valence-electron chi connectivity index (χ0n) is 15.7. The molecule has 0 fully saturated rings. The summed E-state index contributed by atoms with van der Waals surface area (Å²) in [6.07, 6.45) is 4.80. The van der Waals surface area contributed by atoms with Crippen molar-refractivity contribution in [2.45, 2.75) is 40.2 Å². The highest BCUT2D eigenvalue weighted by Gasteiger charge is 2.36. The Bertz CT molecular complexity index is 908. The third-order valence-corrected chi connectivity index (χ3v) is 4.46. The fourth-order valence-corrected chi connectivity index (χ4v) is 3.30. The lowest BCUT2D eigenvalue weighted by Crippen LogP contribution is -2.27. The van der Waals surface area contributed by atoms with Gasteiger partial charge in [0.25, 0.3) is 5.91 Å². The first-order valence-corrected chi connectivity index (χ1v) is 8.72. The molecule has 2 heterocycles. The first-order valence-electron chi connectivity index (χ1n) is 8.72. The fourth-order valence-electron chi connectivity index (χ4n) is 3.30. The highest BCUT2D eigenvalue weighted by atomic mass is 16.4. The summed E-state index contributed by atoms with van der Waals surface area (Å²) in [5.74, 6) is 0.645. The van der Waals surface area contributed by atoms with Crippen LogP contribution in [0, 0.1) is 12.3 Å². The first-order chi connectivity index (χ1) is 12.8. The molecule has 1 amide bonds. The Morgan fingerprint density at radius 3 is 2.81 bits per heavy atom. The van der Waals surface area contributed by atoms with Crippen molar-refractivity contribution in [1.82, 2.24) is 10.3 Å². The van der Waals surface area contributed by atoms with E-state index < -0.39 is 0 Å². The summed E-state index contributed by atoms with van der Waals surface area (Å²) in [5, 5.41) is 10.9. The topological polar surface area (TPSA) is 132 Å². The van der Waals surface area contributed by atoms with Crippen LogP contribution in [0.2, 0.25) is 0 Å². The van der Waals surface area contributed by atoms with Crippen LogP contribution in [-0.2, 0) is 13.0 Å². The van der Waals surface area contributed by atoms with Gasteiger partial charge in [-0.25, -0.2) is 0 Å². The van der Waals surface area contributed by atoms with Crippen molar-refractivity contribution in [2.75, 3.05) is 0 Å². The van der Waals surface area contributed by atoms with Crippen molar-refractivity contribution in [1.29, 1.82) is 0 Å². The van der Waals surface area contributed by atoms with E-state index in [2.05, 4.69) is 34.4 Å². The minimum Gasteiger partial charge on any atom is -0.455 e. The van der Waals surface area contributed by atoms with Crippen molar-refractivity contribution in [3.8, 4) is 0 Å². The molecule has 8 nitrogen and oxygen atoms in total. The molecular weight excluding hydrogens is 344 g/mol. The number of hydrogen-bond donors (Lipinski definition) is 3. The molecule has 0 unspecified atom stereocenters. The number of nitrogens with zero attached hydrogens (tertiary/aromatic N) is 3. The van der Waals surface area contributed by atoms with E-state index >= 15 is 0 Å². The maximum atomic E-state index is 12.7. The van der Waals surface area contributed by atoms with Gasteiger partial charge in [0.15, 0.2) is 5.76 Å². The highest BCUT2D eigenvalue weighted by Crippen LogP contribution is 2.38. The van der Waals surface area contributed by atoms with E-state index in [9.17, 15) is 4.79 Å². The molecule has 0 saturated heterocycles. The minimum atomic E-state index is -0.273. The van der Waals surface area contributed by atoms with E-state index in [-0.39, 0.29) is 17.3 Å². The van der Waals surface area contributed by atoms with E-state index in [1.54, 1.807) is 12.4 Å². The number of hydrogen-bond acceptors (Lipinski definition) is 5. The molecule has 5 N–H and O–H groups in total. The Balaban J connectivity index is 1.90. The average molecular weight is 368 g/mol. The molecule has 0 spiro atoms. The quantitative estimate of drug-likeness (QED) is 0.430. The number of carbonyl (C=O) groups is 1. The van der Waals surface area contributed by atoms with Gasteiger partial charge in [-0.3, -0.25) is 9.78 Å². The number of amides is 1. The van der Waals surface area contributed by atoms with Crippen molar-refractivity contribution in [3.05, 3.63) is 52.7 Å². The molecule has 2 aromatic rings. The molecule has 0 bridgehead atoms. The van der Waals surface area contributed by atoms with Gasteiger partial charge in [0.05, 0.1) is 5.71 Å². The Kier molecular flexibility index (Phi) is 4.98. The van der Waals surface area contributed by atoms with Gasteiger partial charge in [0.1, 0.15) is 5.76 Å². The van der Waals surface area contributed by atoms with E-state index in [0.29, 0.717) is 25.1 Å². The van der Waals surface area contributed by atoms with E-state index in [4.69, 9.17) is 15.9 Å². The smallest absolute Gasteiger partial charge is 0.287 e. The maximum Gasteiger partial charge on any atom is 0.287 e. The van der Waals surface area contributed by atoms with Crippen LogP contribution in [0.4, 0.5) is 0 Å². The summed E-state index contributed by atoms with van der Waals surface area (Å²) in [6.45, 7) is 6.45. The average Bonchev–Trinajstić information content (AvgIpc) is 2.93. The summed E-state index contributed by atoms with van der Waals surface area (Å²) in [7, 11) is 0. The second-order valence-corrected chi connectivity index (χ2v) is 7.49. The highest BCUT2D eigenvalue weighted by molar-refractivity contribution is 6.07. The van der Waals surface area contributed by atoms with E-state index in [0.717, 1.165) is 28.2 Å². The lowest BCUT2D eigenvalue weighted by atomic mass is 9.75. The van der Waals surface area contributed by atoms with Crippen LogP contribution in [0.15, 0.2) is 39.1 Å². The SMILES string of the molecule is Cc1c(C(=O)NCc2cccnc2)oc2c1/C(=N\N=C(N)N)CC(C)(C)C2. The normalized spacial score (nSPS) is 16.6. The third-order valence-electron chi connectivity index (χ3n) is 4.46. The summed E-state index contributed by atoms with van der Waals surface area (Å²) in [6, 6.07) is 3.72. The van der Waals surface area contributed by atoms with E-state index in [1.807, 2.05) is 19.1 Å². The van der Waals surface area contributed by atoms with Gasteiger partial charge in [-0.05, 0) is 30.4 Å². The zero-order valence-corrected chi connectivity index (χ0v) is 15.7. The van der Waals surface area contributed by atoms with Crippen LogP contribution in [0.1, 0.15) is 53.3 Å². The summed E-state index contributed by atoms with van der Waals surface area (Å²) in [4.78, 5) is 16.7. The van der Waals surface area contributed by atoms with Crippen molar-refractivity contribution in [2.24, 2.45) is 27.1 Å². The summed E-state index contributed by atoms with van der Waals surface area (Å²) < 4.78 is 5.94. The Morgan fingerprint density at radius 2 is 2.15 bits per heavy atom. The molecular formula is C19H24N6O2. The molecule has 142 valence electrons. The van der Waals surface area contributed by atoms with E-state index in [1.165, 1.54) is 0 Å². The van der Waals surface area contributed by atoms with Crippen LogP contribution in [0.25, 0.3) is 0 Å². The van der Waals surface area contributed by atoms with Crippen molar-refractivity contribution >= 4 is 17.6 Å². The molecule has 0 aromatic carbocycles. The number of fused-ring (bicyclic) bond motifs is 1. The molecule has 0 aliphatic heterocycles. The number of carbonyl (C=O) groups excluding carboxylic acids is 1. The van der Waals surface area contributed by atoms with Gasteiger partial charge in [0, 0.05) is 36.5 Å². The second kappa shape index (κ2) is 7.22. The number of nitrogens with two attached hydrogens (primary N) is 2. The number of nitrogens with one attached hydrogen (secondary N) is 1. The predicted octanol–water partition coefficient (Wildman–Crippen LogP) is 1.86. The number of aromatic nitrogens is 1. The molecule has 2 aromatic heterocycles. The zero-order chi connectivity index (χ0) is 19.6. The molecule has 27 heavy (non-hydrogen) atoms. The third kappa shape index (κ3) is 4.16. The van der Waals surface area contributed by atoms with Crippen molar-refractivity contribution in [3.63, 3.8) is 0 Å². The Labute approximate surface area is 157 Å². The van der Waals surface area contributed by atoms with Gasteiger partial charge in [-0.15, -0.1) is 5.10 Å². The molecule has 8 heteroatoms. The van der Waals surface area contributed by atoms with Gasteiger partial charge in [-0.1, -0.05) is 19.9 Å². The first kappa shape index (κ1) is 18.6. The maximum absolute atomic E-state index is 12.7. The second-order valence-electron chi connectivity index (χ2n) is 7.49. The van der Waals surface area contributed by atoms with Crippen LogP contribution in [0.5, 0.6) is 0 Å². The standard InChI is InChI=1S/C19H24N6O2/c1-11-15-13(24-25-18(20)21)7-19(2,3)8-14(15)27-16(11)17(26)23-10-12-5-4-6-22-9-12/h4-6,9H,7-8,10H2,1-3H3,(H,23,26)(H4,20,21,25)/b24-13-. The number of guanidine groups is 1. The molecule has 1 aliphatic carbocycles. The molecule has 0 atom stereocenters. The Hall–Kier alpha value is -3.16. The monoisotopic (exact) mass is 368 g/mol. The van der Waals surface area contributed by atoms with Crippen LogP contribution in [-0.4, -0.2) is 22.6 Å². The molecule has 1 aliphatic rings. The fraction of sp³-hybridized carbons (Fsp3) is 0.368. The Morgan fingerprint density at radius 1 is 1.37 bits per heavy atom. The lowest BCUT2D eigenvalue weighted by Gasteiger charge is -2.29. The van der Waals surface area contributed by atoms with Gasteiger partial charge in [-0.2, -0.15) is 5.10 Å². The number of rotatable bonds is 4. The van der Waals surface area contributed by atoms with Gasteiger partial charge in [0.2, 0.25) is 5.96 Å². The summed E-state index contributed by atoms with van der Waals surface area (Å²) >= 11 is 0. The number of furan rings is 1. The molecule has 0 saturated carbocycles. The van der Waals surface area contributed by atoms with Crippen LogP contribution < -0.4 is 16.8 Å². The van der Waals surface area contributed by atoms with Gasteiger partial charge >= 0.3 is 0 Å². The predicted molar refractivity (Wildman–Crippen MR) is 103 cm³/mol. The molecule has 0 radical (unpaired) electrons. The van der Waals surface area contributed by atoms with Gasteiger partial charge < -0.3 is 21.2 Å². The van der Waals surface area contributed by atoms with Crippen LogP contribution >= 0.6 is 0 Å². The number of pyridine rings is 1. The lowest BCUT2D eigenvalue weighted by molar-refractivity contribution is 0.0919.